The van der Waals surface area contributed by atoms with Gasteiger partial charge < -0.3 is 0 Å². The molecule has 0 amide bonds. The van der Waals surface area contributed by atoms with Crippen molar-refractivity contribution in [3.63, 3.8) is 0 Å². The second kappa shape index (κ2) is 4.37. The molecule has 0 unspecified atom stereocenters. The third kappa shape index (κ3) is 2.08. The summed E-state index contributed by atoms with van der Waals surface area (Å²) in [5, 5.41) is 5.07. The van der Waals surface area contributed by atoms with Gasteiger partial charge >= 0.3 is 0 Å². The van der Waals surface area contributed by atoms with Crippen LogP contribution in [0.3, 0.4) is 0 Å². The van der Waals surface area contributed by atoms with E-state index in [1.165, 1.54) is 0 Å². The molecule has 15 heavy (non-hydrogen) atoms. The van der Waals surface area contributed by atoms with Gasteiger partial charge in [0.1, 0.15) is 4.60 Å². The van der Waals surface area contributed by atoms with Gasteiger partial charge in [-0.1, -0.05) is 30.7 Å². The number of benzene rings is 1. The van der Waals surface area contributed by atoms with Crippen molar-refractivity contribution >= 4 is 27.5 Å². The van der Waals surface area contributed by atoms with E-state index in [-0.39, 0.29) is 0 Å². The maximum Gasteiger partial charge on any atom is 0.128 e. The Kier molecular flexibility index (Phi) is 3.12. The van der Waals surface area contributed by atoms with Gasteiger partial charge in [0.05, 0.1) is 10.7 Å². The SMILES string of the molecule is CCc1cc(Br)nn1-c1ccccc1Cl. The van der Waals surface area contributed by atoms with Gasteiger partial charge in [-0.15, -0.1) is 0 Å². The largest absolute Gasteiger partial charge is 0.235 e. The van der Waals surface area contributed by atoms with Crippen molar-refractivity contribution in [3.8, 4) is 5.69 Å². The zero-order valence-corrected chi connectivity index (χ0v) is 10.6. The van der Waals surface area contributed by atoms with Crippen LogP contribution in [0.15, 0.2) is 34.9 Å². The van der Waals surface area contributed by atoms with Crippen LogP contribution in [0.4, 0.5) is 0 Å². The summed E-state index contributed by atoms with van der Waals surface area (Å²) in [5.74, 6) is 0. The van der Waals surface area contributed by atoms with E-state index in [1.807, 2.05) is 35.0 Å². The van der Waals surface area contributed by atoms with Crippen molar-refractivity contribution < 1.29 is 0 Å². The maximum atomic E-state index is 6.12. The van der Waals surface area contributed by atoms with E-state index < -0.39 is 0 Å². The number of halogens is 2. The van der Waals surface area contributed by atoms with E-state index in [4.69, 9.17) is 11.6 Å². The molecule has 0 fully saturated rings. The molecule has 0 saturated carbocycles. The molecule has 1 aromatic carbocycles. The summed E-state index contributed by atoms with van der Waals surface area (Å²) in [7, 11) is 0. The first-order valence-corrected chi connectivity index (χ1v) is 5.89. The fourth-order valence-corrected chi connectivity index (χ4v) is 2.11. The molecule has 2 rings (SSSR count). The number of aryl methyl sites for hydroxylation is 1. The van der Waals surface area contributed by atoms with Crippen LogP contribution in [0.1, 0.15) is 12.6 Å². The summed E-state index contributed by atoms with van der Waals surface area (Å²) < 4.78 is 2.70. The fraction of sp³-hybridized carbons (Fsp3) is 0.182. The Morgan fingerprint density at radius 3 is 2.80 bits per heavy atom. The lowest BCUT2D eigenvalue weighted by molar-refractivity contribution is 0.809. The van der Waals surface area contributed by atoms with Gasteiger partial charge in [0.15, 0.2) is 0 Å². The smallest absolute Gasteiger partial charge is 0.128 e. The fourth-order valence-electron chi connectivity index (χ4n) is 1.47. The summed E-state index contributed by atoms with van der Waals surface area (Å²) >= 11 is 9.49. The molecule has 2 nitrogen and oxygen atoms in total. The Balaban J connectivity index is 2.58. The van der Waals surface area contributed by atoms with E-state index in [0.717, 1.165) is 22.4 Å². The van der Waals surface area contributed by atoms with Crippen LogP contribution in [0, 0.1) is 0 Å². The lowest BCUT2D eigenvalue weighted by atomic mass is 10.3. The first-order valence-electron chi connectivity index (χ1n) is 4.71. The monoisotopic (exact) mass is 284 g/mol. The Hall–Kier alpha value is -0.800. The quantitative estimate of drug-likeness (QED) is 0.819. The van der Waals surface area contributed by atoms with E-state index in [9.17, 15) is 0 Å². The summed E-state index contributed by atoms with van der Waals surface area (Å²) in [4.78, 5) is 0. The normalized spacial score (nSPS) is 10.6. The molecule has 0 aliphatic carbocycles. The van der Waals surface area contributed by atoms with Crippen molar-refractivity contribution in [1.29, 1.82) is 0 Å². The Bertz CT molecular complexity index is 479. The minimum Gasteiger partial charge on any atom is -0.235 e. The average molecular weight is 286 g/mol. The molecule has 2 aromatic rings. The third-order valence-electron chi connectivity index (χ3n) is 2.20. The molecule has 0 saturated heterocycles. The predicted molar refractivity (Wildman–Crippen MR) is 65.7 cm³/mol. The highest BCUT2D eigenvalue weighted by atomic mass is 79.9. The number of hydrogen-bond acceptors (Lipinski definition) is 1. The molecular formula is C11H10BrClN2. The van der Waals surface area contributed by atoms with Crippen molar-refractivity contribution in [2.45, 2.75) is 13.3 Å². The van der Waals surface area contributed by atoms with Crippen LogP contribution >= 0.6 is 27.5 Å². The van der Waals surface area contributed by atoms with E-state index in [2.05, 4.69) is 28.0 Å². The van der Waals surface area contributed by atoms with Gasteiger partial charge in [-0.2, -0.15) is 5.10 Å². The minimum absolute atomic E-state index is 0.711. The van der Waals surface area contributed by atoms with Gasteiger partial charge in [0.2, 0.25) is 0 Å². The minimum atomic E-state index is 0.711. The zero-order chi connectivity index (χ0) is 10.8. The molecule has 78 valence electrons. The van der Waals surface area contributed by atoms with E-state index in [0.29, 0.717) is 5.02 Å². The first-order chi connectivity index (χ1) is 7.22. The van der Waals surface area contributed by atoms with Crippen LogP contribution in [0.5, 0.6) is 0 Å². The Morgan fingerprint density at radius 2 is 2.13 bits per heavy atom. The second-order valence-corrected chi connectivity index (χ2v) is 4.39. The summed E-state index contributed by atoms with van der Waals surface area (Å²) in [6.45, 7) is 2.09. The molecule has 0 bridgehead atoms. The third-order valence-corrected chi connectivity index (χ3v) is 2.90. The lowest BCUT2D eigenvalue weighted by Crippen LogP contribution is -2.01. The zero-order valence-electron chi connectivity index (χ0n) is 8.24. The van der Waals surface area contributed by atoms with Gasteiger partial charge in [-0.3, -0.25) is 0 Å². The van der Waals surface area contributed by atoms with Crippen LogP contribution in [-0.2, 0) is 6.42 Å². The van der Waals surface area contributed by atoms with E-state index in [1.54, 1.807) is 0 Å². The maximum absolute atomic E-state index is 6.12. The van der Waals surface area contributed by atoms with Gasteiger partial charge in [0, 0.05) is 5.69 Å². The molecule has 0 aliphatic heterocycles. The summed E-state index contributed by atoms with van der Waals surface area (Å²) in [6.07, 6.45) is 0.920. The number of hydrogen-bond donors (Lipinski definition) is 0. The molecule has 0 spiro atoms. The molecule has 0 aliphatic rings. The lowest BCUT2D eigenvalue weighted by Gasteiger charge is -2.06. The highest BCUT2D eigenvalue weighted by Gasteiger charge is 2.08. The van der Waals surface area contributed by atoms with Crippen molar-refractivity contribution in [1.82, 2.24) is 9.78 Å². The molecule has 1 aromatic heterocycles. The standard InChI is InChI=1S/C11H10BrClN2/c1-2-8-7-11(12)14-15(8)10-6-4-3-5-9(10)13/h3-7H,2H2,1H3. The summed E-state index contributed by atoms with van der Waals surface area (Å²) in [5.41, 5.74) is 2.05. The van der Waals surface area contributed by atoms with Gasteiger partial charge in [-0.25, -0.2) is 4.68 Å². The van der Waals surface area contributed by atoms with E-state index >= 15 is 0 Å². The highest BCUT2D eigenvalue weighted by Crippen LogP contribution is 2.23. The van der Waals surface area contributed by atoms with Crippen molar-refractivity contribution in [2.24, 2.45) is 0 Å². The van der Waals surface area contributed by atoms with Crippen LogP contribution < -0.4 is 0 Å². The molecule has 0 atom stereocenters. The van der Waals surface area contributed by atoms with Gasteiger partial charge in [-0.05, 0) is 40.5 Å². The highest BCUT2D eigenvalue weighted by molar-refractivity contribution is 9.10. The first kappa shape index (κ1) is 10.7. The second-order valence-electron chi connectivity index (χ2n) is 3.18. The summed E-state index contributed by atoms with van der Waals surface area (Å²) in [6, 6.07) is 9.70. The van der Waals surface area contributed by atoms with Gasteiger partial charge in [0.25, 0.3) is 0 Å². The molecular weight excluding hydrogens is 275 g/mol. The predicted octanol–water partition coefficient (Wildman–Crippen LogP) is 3.85. The number of para-hydroxylation sites is 1. The molecule has 0 radical (unpaired) electrons. The number of aromatic nitrogens is 2. The van der Waals surface area contributed by atoms with Crippen molar-refractivity contribution in [3.05, 3.63) is 45.7 Å². The van der Waals surface area contributed by atoms with Crippen LogP contribution in [-0.4, -0.2) is 9.78 Å². The number of nitrogens with zero attached hydrogens (tertiary/aromatic N) is 2. The Labute approximate surface area is 102 Å². The average Bonchev–Trinajstić information content (AvgIpc) is 2.60. The number of rotatable bonds is 2. The van der Waals surface area contributed by atoms with Crippen molar-refractivity contribution in [2.75, 3.05) is 0 Å². The van der Waals surface area contributed by atoms with Crippen LogP contribution in [0.25, 0.3) is 5.69 Å². The van der Waals surface area contributed by atoms with Crippen LogP contribution in [0.2, 0.25) is 5.02 Å². The molecule has 1 heterocycles. The molecule has 0 N–H and O–H groups in total. The topological polar surface area (TPSA) is 17.8 Å². The Morgan fingerprint density at radius 1 is 1.40 bits per heavy atom. The molecule has 4 heteroatoms.